The van der Waals surface area contributed by atoms with Crippen LogP contribution < -0.4 is 9.64 Å². The van der Waals surface area contributed by atoms with Gasteiger partial charge in [-0.3, -0.25) is 0 Å². The number of fused-ring (bicyclic) bond motifs is 1. The molecule has 1 aromatic heterocycles. The van der Waals surface area contributed by atoms with E-state index in [2.05, 4.69) is 66.0 Å². The molecule has 1 aromatic carbocycles. The van der Waals surface area contributed by atoms with Crippen LogP contribution in [0.1, 0.15) is 5.56 Å². The molecule has 5 heteroatoms. The van der Waals surface area contributed by atoms with Crippen molar-refractivity contribution in [3.05, 3.63) is 51.0 Å². The minimum Gasteiger partial charge on any atom is -0.487 e. The lowest BCUT2D eigenvalue weighted by atomic mass is 10.2. The number of pyridine rings is 1. The number of aromatic nitrogens is 1. The summed E-state index contributed by atoms with van der Waals surface area (Å²) in [6.45, 7) is 2.37. The molecule has 3 rings (SSSR count). The van der Waals surface area contributed by atoms with E-state index in [4.69, 9.17) is 4.74 Å². The highest BCUT2D eigenvalue weighted by Crippen LogP contribution is 2.38. The van der Waals surface area contributed by atoms with E-state index in [-0.39, 0.29) is 0 Å². The predicted octanol–water partition coefficient (Wildman–Crippen LogP) is 4.01. The van der Waals surface area contributed by atoms with E-state index in [1.54, 1.807) is 0 Å². The zero-order chi connectivity index (χ0) is 13.2. The molecular weight excluding hydrogens is 372 g/mol. The van der Waals surface area contributed by atoms with Crippen molar-refractivity contribution < 1.29 is 4.74 Å². The maximum Gasteiger partial charge on any atom is 0.176 e. The Kier molecular flexibility index (Phi) is 3.75. The van der Waals surface area contributed by atoms with Gasteiger partial charge in [0.25, 0.3) is 0 Å². The van der Waals surface area contributed by atoms with Crippen molar-refractivity contribution in [3.63, 3.8) is 0 Å². The summed E-state index contributed by atoms with van der Waals surface area (Å²) in [6.07, 6.45) is 0. The standard InChI is InChI=1S/C14H12Br2N2O/c15-11-8-12(16)17-14-13(11)19-7-6-18(14)9-10-4-2-1-3-5-10/h1-5,8H,6-7,9H2. The first-order valence-electron chi connectivity index (χ1n) is 6.02. The molecule has 98 valence electrons. The van der Waals surface area contributed by atoms with Gasteiger partial charge < -0.3 is 9.64 Å². The lowest BCUT2D eigenvalue weighted by molar-refractivity contribution is 0.302. The summed E-state index contributed by atoms with van der Waals surface area (Å²) in [6, 6.07) is 12.3. The zero-order valence-electron chi connectivity index (χ0n) is 10.1. The molecule has 0 fully saturated rings. The van der Waals surface area contributed by atoms with Crippen molar-refractivity contribution in [1.82, 2.24) is 4.98 Å². The molecule has 0 saturated heterocycles. The van der Waals surface area contributed by atoms with E-state index in [1.807, 2.05) is 12.1 Å². The number of halogens is 2. The number of ether oxygens (including phenoxy) is 1. The van der Waals surface area contributed by atoms with Gasteiger partial charge in [0.1, 0.15) is 11.2 Å². The van der Waals surface area contributed by atoms with Crippen molar-refractivity contribution in [3.8, 4) is 5.75 Å². The Hall–Kier alpha value is -1.07. The summed E-state index contributed by atoms with van der Waals surface area (Å²) in [7, 11) is 0. The fourth-order valence-electron chi connectivity index (χ4n) is 2.13. The first kappa shape index (κ1) is 12.9. The van der Waals surface area contributed by atoms with Crippen LogP contribution in [0.2, 0.25) is 0 Å². The first-order chi connectivity index (χ1) is 9.24. The Morgan fingerprint density at radius 2 is 2.00 bits per heavy atom. The van der Waals surface area contributed by atoms with Crippen LogP contribution in [-0.4, -0.2) is 18.1 Å². The maximum absolute atomic E-state index is 5.71. The normalized spacial score (nSPS) is 13.9. The van der Waals surface area contributed by atoms with E-state index in [1.165, 1.54) is 5.56 Å². The molecule has 0 aliphatic carbocycles. The van der Waals surface area contributed by atoms with Gasteiger partial charge in [0.2, 0.25) is 0 Å². The Morgan fingerprint density at radius 3 is 2.79 bits per heavy atom. The Balaban J connectivity index is 1.94. The summed E-state index contributed by atoms with van der Waals surface area (Å²) >= 11 is 6.95. The number of benzene rings is 1. The Morgan fingerprint density at radius 1 is 1.21 bits per heavy atom. The van der Waals surface area contributed by atoms with Gasteiger partial charge in [-0.15, -0.1) is 0 Å². The summed E-state index contributed by atoms with van der Waals surface area (Å²) in [4.78, 5) is 6.78. The van der Waals surface area contributed by atoms with Gasteiger partial charge in [0.05, 0.1) is 11.0 Å². The minimum atomic E-state index is 0.682. The topological polar surface area (TPSA) is 25.4 Å². The van der Waals surface area contributed by atoms with Crippen molar-refractivity contribution in [2.75, 3.05) is 18.1 Å². The van der Waals surface area contributed by atoms with E-state index in [0.29, 0.717) is 6.61 Å². The number of nitrogens with zero attached hydrogens (tertiary/aromatic N) is 2. The van der Waals surface area contributed by atoms with Crippen molar-refractivity contribution >= 4 is 37.7 Å². The van der Waals surface area contributed by atoms with Gasteiger partial charge in [-0.25, -0.2) is 4.98 Å². The van der Waals surface area contributed by atoms with Gasteiger partial charge in [0.15, 0.2) is 11.6 Å². The molecule has 3 nitrogen and oxygen atoms in total. The van der Waals surface area contributed by atoms with Gasteiger partial charge in [0, 0.05) is 6.54 Å². The molecule has 1 aliphatic heterocycles. The average molecular weight is 384 g/mol. The van der Waals surface area contributed by atoms with Crippen molar-refractivity contribution in [2.24, 2.45) is 0 Å². The second-order valence-electron chi connectivity index (χ2n) is 4.34. The Labute approximate surface area is 128 Å². The highest BCUT2D eigenvalue weighted by molar-refractivity contribution is 9.11. The third-order valence-electron chi connectivity index (χ3n) is 3.00. The highest BCUT2D eigenvalue weighted by atomic mass is 79.9. The molecule has 2 aromatic rings. The molecule has 0 bridgehead atoms. The third-order valence-corrected chi connectivity index (χ3v) is 4.00. The number of rotatable bonds is 2. The van der Waals surface area contributed by atoms with Crippen LogP contribution in [-0.2, 0) is 6.54 Å². The quantitative estimate of drug-likeness (QED) is 0.732. The van der Waals surface area contributed by atoms with Gasteiger partial charge in [-0.2, -0.15) is 0 Å². The molecule has 1 aliphatic rings. The van der Waals surface area contributed by atoms with Crippen LogP contribution >= 0.6 is 31.9 Å². The van der Waals surface area contributed by atoms with Gasteiger partial charge >= 0.3 is 0 Å². The molecule has 19 heavy (non-hydrogen) atoms. The summed E-state index contributed by atoms with van der Waals surface area (Å²) in [5, 5.41) is 0. The van der Waals surface area contributed by atoms with Crippen LogP contribution in [0.3, 0.4) is 0 Å². The number of hydrogen-bond acceptors (Lipinski definition) is 3. The summed E-state index contributed by atoms with van der Waals surface area (Å²) < 4.78 is 7.44. The monoisotopic (exact) mass is 382 g/mol. The fourth-order valence-corrected chi connectivity index (χ4v) is 3.34. The number of hydrogen-bond donors (Lipinski definition) is 0. The molecular formula is C14H12Br2N2O. The second-order valence-corrected chi connectivity index (χ2v) is 6.00. The molecule has 0 saturated carbocycles. The molecule has 0 spiro atoms. The van der Waals surface area contributed by atoms with E-state index < -0.39 is 0 Å². The smallest absolute Gasteiger partial charge is 0.176 e. The largest absolute Gasteiger partial charge is 0.487 e. The second kappa shape index (κ2) is 5.51. The fraction of sp³-hybridized carbons (Fsp3) is 0.214. The van der Waals surface area contributed by atoms with Crippen molar-refractivity contribution in [2.45, 2.75) is 6.54 Å². The van der Waals surface area contributed by atoms with E-state index in [0.717, 1.165) is 33.7 Å². The van der Waals surface area contributed by atoms with Crippen LogP contribution in [0.4, 0.5) is 5.82 Å². The molecule has 0 unspecified atom stereocenters. The van der Waals surface area contributed by atoms with Crippen LogP contribution in [0.15, 0.2) is 45.5 Å². The maximum atomic E-state index is 5.71. The van der Waals surface area contributed by atoms with Gasteiger partial charge in [-0.1, -0.05) is 30.3 Å². The van der Waals surface area contributed by atoms with Gasteiger partial charge in [-0.05, 0) is 43.5 Å². The Bertz CT molecular complexity index is 589. The average Bonchev–Trinajstić information content (AvgIpc) is 2.41. The summed E-state index contributed by atoms with van der Waals surface area (Å²) in [5.74, 6) is 1.71. The van der Waals surface area contributed by atoms with Crippen LogP contribution in [0, 0.1) is 0 Å². The van der Waals surface area contributed by atoms with E-state index in [9.17, 15) is 0 Å². The van der Waals surface area contributed by atoms with Crippen LogP contribution in [0.25, 0.3) is 0 Å². The molecule has 2 heterocycles. The number of anilines is 1. The molecule has 0 radical (unpaired) electrons. The lowest BCUT2D eigenvalue weighted by Crippen LogP contribution is -2.33. The lowest BCUT2D eigenvalue weighted by Gasteiger charge is -2.30. The van der Waals surface area contributed by atoms with E-state index >= 15 is 0 Å². The van der Waals surface area contributed by atoms with Crippen LogP contribution in [0.5, 0.6) is 5.75 Å². The summed E-state index contributed by atoms with van der Waals surface area (Å²) in [5.41, 5.74) is 1.27. The molecule has 0 amide bonds. The predicted molar refractivity (Wildman–Crippen MR) is 82.6 cm³/mol. The minimum absolute atomic E-state index is 0.682. The SMILES string of the molecule is Brc1cc(Br)c2c(n1)N(Cc1ccccc1)CCO2. The molecule has 0 N–H and O–H groups in total. The first-order valence-corrected chi connectivity index (χ1v) is 7.60. The highest BCUT2D eigenvalue weighted by Gasteiger charge is 2.22. The zero-order valence-corrected chi connectivity index (χ0v) is 13.3. The van der Waals surface area contributed by atoms with Crippen molar-refractivity contribution in [1.29, 1.82) is 0 Å². The molecule has 0 atom stereocenters. The third kappa shape index (κ3) is 2.77.